The van der Waals surface area contributed by atoms with Gasteiger partial charge in [-0.3, -0.25) is 0 Å². The van der Waals surface area contributed by atoms with Gasteiger partial charge < -0.3 is 11.1 Å². The third-order valence-electron chi connectivity index (χ3n) is 2.63. The summed E-state index contributed by atoms with van der Waals surface area (Å²) in [6.45, 7) is 0. The van der Waals surface area contributed by atoms with Crippen molar-refractivity contribution in [2.75, 3.05) is 11.1 Å². The van der Waals surface area contributed by atoms with Crippen LogP contribution in [0.25, 0.3) is 0 Å². The minimum atomic E-state index is -3.92. The molecule has 0 atom stereocenters. The van der Waals surface area contributed by atoms with E-state index in [1.807, 2.05) is 6.07 Å². The van der Waals surface area contributed by atoms with Gasteiger partial charge in [-0.25, -0.2) is 13.6 Å². The van der Waals surface area contributed by atoms with Crippen molar-refractivity contribution < 1.29 is 8.42 Å². The van der Waals surface area contributed by atoms with Crippen LogP contribution >= 0.6 is 0 Å². The van der Waals surface area contributed by atoms with Crippen molar-refractivity contribution in [2.45, 2.75) is 4.90 Å². The van der Waals surface area contributed by atoms with Gasteiger partial charge in [-0.05, 0) is 30.3 Å². The van der Waals surface area contributed by atoms with Crippen LogP contribution in [0.1, 0.15) is 5.56 Å². The second-order valence-electron chi connectivity index (χ2n) is 4.08. The maximum absolute atomic E-state index is 11.6. The Morgan fingerprint density at radius 3 is 2.45 bits per heavy atom. The molecule has 0 aliphatic heterocycles. The molecule has 0 aliphatic rings. The molecule has 0 unspecified atom stereocenters. The molecule has 0 amide bonds. The molecule has 0 heterocycles. The number of hydrogen-bond donors (Lipinski definition) is 3. The molecule has 2 aromatic rings. The number of hydrogen-bond acceptors (Lipinski definition) is 5. The lowest BCUT2D eigenvalue weighted by atomic mass is 10.2. The fraction of sp³-hybridized carbons (Fsp3) is 0. The molecule has 20 heavy (non-hydrogen) atoms. The summed E-state index contributed by atoms with van der Waals surface area (Å²) in [7, 11) is -3.92. The fourth-order valence-electron chi connectivity index (χ4n) is 1.71. The molecule has 0 radical (unpaired) electrons. The lowest BCUT2D eigenvalue weighted by Crippen LogP contribution is -2.14. The maximum Gasteiger partial charge on any atom is 0.240 e. The number of para-hydroxylation sites is 1. The normalized spacial score (nSPS) is 10.8. The van der Waals surface area contributed by atoms with E-state index in [1.165, 1.54) is 12.1 Å². The van der Waals surface area contributed by atoms with Gasteiger partial charge in [-0.15, -0.1) is 0 Å². The third kappa shape index (κ3) is 2.88. The lowest BCUT2D eigenvalue weighted by molar-refractivity contribution is 0.598. The molecule has 102 valence electrons. The second kappa shape index (κ2) is 5.21. The molecule has 5 N–H and O–H groups in total. The van der Waals surface area contributed by atoms with Gasteiger partial charge in [0, 0.05) is 5.69 Å². The number of primary sulfonamides is 1. The highest BCUT2D eigenvalue weighted by molar-refractivity contribution is 7.89. The highest BCUT2D eigenvalue weighted by Crippen LogP contribution is 2.27. The molecule has 0 saturated carbocycles. The minimum absolute atomic E-state index is 0.120. The second-order valence-corrected chi connectivity index (χ2v) is 5.61. The predicted octanol–water partition coefficient (Wildman–Crippen LogP) is 1.53. The van der Waals surface area contributed by atoms with Crippen LogP contribution < -0.4 is 16.2 Å². The van der Waals surface area contributed by atoms with E-state index in [9.17, 15) is 8.42 Å². The maximum atomic E-state index is 11.6. The fourth-order valence-corrected chi connectivity index (χ4v) is 2.44. The van der Waals surface area contributed by atoms with Crippen molar-refractivity contribution in [1.82, 2.24) is 0 Å². The summed E-state index contributed by atoms with van der Waals surface area (Å²) in [5.74, 6) is 0. The monoisotopic (exact) mass is 288 g/mol. The number of rotatable bonds is 3. The molecule has 0 aromatic heterocycles. The van der Waals surface area contributed by atoms with Crippen molar-refractivity contribution in [2.24, 2.45) is 5.14 Å². The average molecular weight is 288 g/mol. The van der Waals surface area contributed by atoms with E-state index in [1.54, 1.807) is 30.3 Å². The van der Waals surface area contributed by atoms with E-state index in [2.05, 4.69) is 5.32 Å². The summed E-state index contributed by atoms with van der Waals surface area (Å²) >= 11 is 0. The van der Waals surface area contributed by atoms with Gasteiger partial charge >= 0.3 is 0 Å². The first kappa shape index (κ1) is 13.9. The van der Waals surface area contributed by atoms with Crippen molar-refractivity contribution in [3.8, 4) is 6.07 Å². The molecule has 0 saturated heterocycles. The van der Waals surface area contributed by atoms with E-state index >= 15 is 0 Å². The largest absolute Gasteiger partial charge is 0.399 e. The van der Waals surface area contributed by atoms with E-state index < -0.39 is 10.0 Å². The third-order valence-corrected chi connectivity index (χ3v) is 3.58. The van der Waals surface area contributed by atoms with Crippen molar-refractivity contribution in [1.29, 1.82) is 5.26 Å². The van der Waals surface area contributed by atoms with Crippen molar-refractivity contribution in [3.63, 3.8) is 0 Å². The standard InChI is InChI=1S/C13H12N4O2S/c14-8-9-3-1-2-4-11(9)17-12-6-5-10(15)7-13(12)20(16,18)19/h1-7,17H,15H2,(H2,16,18,19). The van der Waals surface area contributed by atoms with Gasteiger partial charge in [0.2, 0.25) is 10.0 Å². The molecule has 0 fully saturated rings. The van der Waals surface area contributed by atoms with Crippen LogP contribution in [0.3, 0.4) is 0 Å². The molecular formula is C13H12N4O2S. The van der Waals surface area contributed by atoms with Crippen LogP contribution in [0.15, 0.2) is 47.4 Å². The quantitative estimate of drug-likeness (QED) is 0.739. The van der Waals surface area contributed by atoms with E-state index in [0.717, 1.165) is 0 Å². The van der Waals surface area contributed by atoms with Gasteiger partial charge in [0.1, 0.15) is 11.0 Å². The lowest BCUT2D eigenvalue weighted by Gasteiger charge is -2.12. The number of anilines is 3. The van der Waals surface area contributed by atoms with Crippen LogP contribution in [-0.4, -0.2) is 8.42 Å². The van der Waals surface area contributed by atoms with Crippen LogP contribution in [0.2, 0.25) is 0 Å². The van der Waals surface area contributed by atoms with Crippen molar-refractivity contribution in [3.05, 3.63) is 48.0 Å². The Bertz CT molecular complexity index is 794. The number of nitriles is 1. The van der Waals surface area contributed by atoms with E-state index in [-0.39, 0.29) is 16.3 Å². The smallest absolute Gasteiger partial charge is 0.240 e. The number of nitrogens with two attached hydrogens (primary N) is 2. The van der Waals surface area contributed by atoms with Gasteiger partial charge in [0.25, 0.3) is 0 Å². The molecule has 7 heteroatoms. The Hall–Kier alpha value is -2.56. The highest BCUT2D eigenvalue weighted by atomic mass is 32.2. The Kier molecular flexibility index (Phi) is 3.61. The summed E-state index contributed by atoms with van der Waals surface area (Å²) in [5, 5.41) is 17.1. The molecule has 0 bridgehead atoms. The van der Waals surface area contributed by atoms with E-state index in [4.69, 9.17) is 16.1 Å². The zero-order chi connectivity index (χ0) is 14.8. The summed E-state index contributed by atoms with van der Waals surface area (Å²) in [4.78, 5) is -0.120. The number of sulfonamides is 1. The Labute approximate surface area is 116 Å². The number of nitrogen functional groups attached to an aromatic ring is 1. The molecule has 2 aromatic carbocycles. The zero-order valence-corrected chi connectivity index (χ0v) is 11.2. The van der Waals surface area contributed by atoms with Gasteiger partial charge in [-0.1, -0.05) is 12.1 Å². The molecule has 0 spiro atoms. The first-order valence-corrected chi connectivity index (χ1v) is 7.15. The first-order chi connectivity index (χ1) is 9.41. The summed E-state index contributed by atoms with van der Waals surface area (Å²) < 4.78 is 23.1. The predicted molar refractivity (Wildman–Crippen MR) is 76.7 cm³/mol. The molecular weight excluding hydrogens is 276 g/mol. The minimum Gasteiger partial charge on any atom is -0.399 e. The zero-order valence-electron chi connectivity index (χ0n) is 10.4. The summed E-state index contributed by atoms with van der Waals surface area (Å²) in [6, 6.07) is 13.1. The molecule has 0 aliphatic carbocycles. The van der Waals surface area contributed by atoms with Gasteiger partial charge in [0.15, 0.2) is 0 Å². The van der Waals surface area contributed by atoms with Crippen LogP contribution in [0.5, 0.6) is 0 Å². The Morgan fingerprint density at radius 1 is 1.10 bits per heavy atom. The van der Waals surface area contributed by atoms with Crippen LogP contribution in [0, 0.1) is 11.3 Å². The number of nitrogens with zero attached hydrogens (tertiary/aromatic N) is 1. The molecule has 6 nitrogen and oxygen atoms in total. The Morgan fingerprint density at radius 2 is 1.80 bits per heavy atom. The Balaban J connectivity index is 2.53. The number of nitrogens with one attached hydrogen (secondary N) is 1. The highest BCUT2D eigenvalue weighted by Gasteiger charge is 2.15. The summed E-state index contributed by atoms with van der Waals surface area (Å²) in [5.41, 5.74) is 7.01. The SMILES string of the molecule is N#Cc1ccccc1Nc1ccc(N)cc1S(N)(=O)=O. The molecule has 2 rings (SSSR count). The first-order valence-electron chi connectivity index (χ1n) is 5.60. The van der Waals surface area contributed by atoms with Crippen LogP contribution in [0.4, 0.5) is 17.1 Å². The summed E-state index contributed by atoms with van der Waals surface area (Å²) in [6.07, 6.45) is 0. The van der Waals surface area contributed by atoms with Gasteiger partial charge in [-0.2, -0.15) is 5.26 Å². The van der Waals surface area contributed by atoms with E-state index in [0.29, 0.717) is 11.3 Å². The van der Waals surface area contributed by atoms with Crippen LogP contribution in [-0.2, 0) is 10.0 Å². The topological polar surface area (TPSA) is 122 Å². The average Bonchev–Trinajstić information content (AvgIpc) is 2.40. The number of benzene rings is 2. The van der Waals surface area contributed by atoms with Gasteiger partial charge in [0.05, 0.1) is 16.9 Å². The van der Waals surface area contributed by atoms with Crippen molar-refractivity contribution >= 4 is 27.1 Å².